The summed E-state index contributed by atoms with van der Waals surface area (Å²) in [6, 6.07) is 16.5. The van der Waals surface area contributed by atoms with Crippen LogP contribution >= 0.6 is 0 Å². The smallest absolute Gasteiger partial charge is 0.143 e. The van der Waals surface area contributed by atoms with E-state index >= 15 is 0 Å². The predicted octanol–water partition coefficient (Wildman–Crippen LogP) is 4.82. The van der Waals surface area contributed by atoms with Crippen molar-refractivity contribution >= 4 is 5.69 Å². The summed E-state index contributed by atoms with van der Waals surface area (Å²) in [6.45, 7) is 8.21. The van der Waals surface area contributed by atoms with Gasteiger partial charge in [0, 0.05) is 6.54 Å². The van der Waals surface area contributed by atoms with Gasteiger partial charge in [0.05, 0.1) is 23.9 Å². The second-order valence-corrected chi connectivity index (χ2v) is 6.63. The lowest BCUT2D eigenvalue weighted by atomic mass is 9.93. The van der Waals surface area contributed by atoms with Gasteiger partial charge < -0.3 is 9.64 Å². The molecule has 0 N–H and O–H groups in total. The molecule has 0 bridgehead atoms. The summed E-state index contributed by atoms with van der Waals surface area (Å²) >= 11 is 0. The van der Waals surface area contributed by atoms with Gasteiger partial charge in [-0.1, -0.05) is 32.0 Å². The Bertz CT molecular complexity index is 754. The van der Waals surface area contributed by atoms with E-state index in [0.29, 0.717) is 5.56 Å². The SMILES string of the molecule is CCC1(CC)CN(Cc2ccc(C#N)cc2)c2ccc(C)cc2O1. The summed E-state index contributed by atoms with van der Waals surface area (Å²) in [5.41, 5.74) is 4.15. The van der Waals surface area contributed by atoms with Crippen LogP contribution in [0.4, 0.5) is 5.69 Å². The zero-order valence-electron chi connectivity index (χ0n) is 14.7. The highest BCUT2D eigenvalue weighted by atomic mass is 16.5. The summed E-state index contributed by atoms with van der Waals surface area (Å²) in [6.07, 6.45) is 1.97. The lowest BCUT2D eigenvalue weighted by Gasteiger charge is -2.44. The molecular formula is C21H24N2O. The average molecular weight is 320 g/mol. The molecule has 2 aromatic carbocycles. The number of fused-ring (bicyclic) bond motifs is 1. The third-order valence-corrected chi connectivity index (χ3v) is 5.01. The van der Waals surface area contributed by atoms with Crippen molar-refractivity contribution in [3.63, 3.8) is 0 Å². The highest BCUT2D eigenvalue weighted by Gasteiger charge is 2.36. The zero-order valence-corrected chi connectivity index (χ0v) is 14.7. The minimum atomic E-state index is -0.132. The van der Waals surface area contributed by atoms with Gasteiger partial charge in [0.2, 0.25) is 0 Å². The molecule has 0 unspecified atom stereocenters. The minimum absolute atomic E-state index is 0.132. The molecule has 0 atom stereocenters. The van der Waals surface area contributed by atoms with Crippen molar-refractivity contribution in [2.75, 3.05) is 11.4 Å². The van der Waals surface area contributed by atoms with Gasteiger partial charge >= 0.3 is 0 Å². The highest BCUT2D eigenvalue weighted by molar-refractivity contribution is 5.62. The topological polar surface area (TPSA) is 36.3 Å². The maximum absolute atomic E-state index is 8.96. The van der Waals surface area contributed by atoms with Crippen LogP contribution in [0.3, 0.4) is 0 Å². The third kappa shape index (κ3) is 3.10. The molecule has 0 spiro atoms. The van der Waals surface area contributed by atoms with E-state index in [1.165, 1.54) is 11.1 Å². The van der Waals surface area contributed by atoms with Crippen LogP contribution in [-0.2, 0) is 6.54 Å². The second kappa shape index (κ2) is 6.57. The number of nitrogens with zero attached hydrogens (tertiary/aromatic N) is 2. The first-order valence-corrected chi connectivity index (χ1v) is 8.63. The first-order chi connectivity index (χ1) is 11.6. The first-order valence-electron chi connectivity index (χ1n) is 8.63. The van der Waals surface area contributed by atoms with Crippen molar-refractivity contribution in [3.05, 3.63) is 59.2 Å². The fourth-order valence-corrected chi connectivity index (χ4v) is 3.33. The van der Waals surface area contributed by atoms with Crippen molar-refractivity contribution < 1.29 is 4.74 Å². The van der Waals surface area contributed by atoms with E-state index in [4.69, 9.17) is 10.00 Å². The van der Waals surface area contributed by atoms with Crippen LogP contribution in [0.1, 0.15) is 43.4 Å². The Hall–Kier alpha value is -2.47. The minimum Gasteiger partial charge on any atom is -0.483 e. The van der Waals surface area contributed by atoms with E-state index in [-0.39, 0.29) is 5.60 Å². The Labute approximate surface area is 144 Å². The van der Waals surface area contributed by atoms with Crippen LogP contribution in [0.5, 0.6) is 5.75 Å². The lowest BCUT2D eigenvalue weighted by molar-refractivity contribution is 0.0569. The number of nitriles is 1. The van der Waals surface area contributed by atoms with Gasteiger partial charge in [-0.2, -0.15) is 5.26 Å². The van der Waals surface area contributed by atoms with E-state index in [2.05, 4.69) is 49.9 Å². The fourth-order valence-electron chi connectivity index (χ4n) is 3.33. The Balaban J connectivity index is 1.94. The molecule has 3 heteroatoms. The number of anilines is 1. The number of aryl methyl sites for hydroxylation is 1. The molecule has 0 aromatic heterocycles. The number of benzene rings is 2. The van der Waals surface area contributed by atoms with E-state index < -0.39 is 0 Å². The standard InChI is InChI=1S/C21H24N2O/c1-4-21(5-2)15-23(14-18-9-7-17(13-22)8-10-18)19-11-6-16(3)12-20(19)24-21/h6-12H,4-5,14-15H2,1-3H3. The van der Waals surface area contributed by atoms with Crippen LogP contribution in [0, 0.1) is 18.3 Å². The molecule has 2 aromatic rings. The van der Waals surface area contributed by atoms with E-state index in [9.17, 15) is 0 Å². The van der Waals surface area contributed by atoms with Gasteiger partial charge in [-0.25, -0.2) is 0 Å². The number of ether oxygens (including phenoxy) is 1. The lowest BCUT2D eigenvalue weighted by Crippen LogP contribution is -2.50. The average Bonchev–Trinajstić information content (AvgIpc) is 2.61. The maximum Gasteiger partial charge on any atom is 0.143 e. The van der Waals surface area contributed by atoms with Crippen LogP contribution < -0.4 is 9.64 Å². The van der Waals surface area contributed by atoms with Gasteiger partial charge in [0.25, 0.3) is 0 Å². The quantitative estimate of drug-likeness (QED) is 0.810. The molecule has 0 saturated carbocycles. The molecule has 124 valence electrons. The summed E-state index contributed by atoms with van der Waals surface area (Å²) in [4.78, 5) is 2.41. The number of hydrogen-bond acceptors (Lipinski definition) is 3. The van der Waals surface area contributed by atoms with Crippen molar-refractivity contribution in [2.24, 2.45) is 0 Å². The molecule has 0 fully saturated rings. The molecular weight excluding hydrogens is 296 g/mol. The van der Waals surface area contributed by atoms with Crippen LogP contribution in [0.2, 0.25) is 0 Å². The highest BCUT2D eigenvalue weighted by Crippen LogP contribution is 2.40. The molecule has 0 aliphatic carbocycles. The van der Waals surface area contributed by atoms with Gasteiger partial charge in [-0.15, -0.1) is 0 Å². The summed E-state index contributed by atoms with van der Waals surface area (Å²) in [5.74, 6) is 0.985. The summed E-state index contributed by atoms with van der Waals surface area (Å²) < 4.78 is 6.42. The largest absolute Gasteiger partial charge is 0.483 e. The van der Waals surface area contributed by atoms with Crippen LogP contribution in [-0.4, -0.2) is 12.1 Å². The van der Waals surface area contributed by atoms with E-state index in [1.54, 1.807) is 0 Å². The van der Waals surface area contributed by atoms with Crippen molar-refractivity contribution in [3.8, 4) is 11.8 Å². The molecule has 1 heterocycles. The van der Waals surface area contributed by atoms with Crippen LogP contribution in [0.15, 0.2) is 42.5 Å². The Morgan fingerprint density at radius 3 is 2.46 bits per heavy atom. The van der Waals surface area contributed by atoms with Crippen molar-refractivity contribution in [1.82, 2.24) is 0 Å². The van der Waals surface area contributed by atoms with E-state index in [0.717, 1.165) is 37.4 Å². The van der Waals surface area contributed by atoms with Crippen LogP contribution in [0.25, 0.3) is 0 Å². The summed E-state index contributed by atoms with van der Waals surface area (Å²) in [7, 11) is 0. The molecule has 0 saturated heterocycles. The molecule has 0 amide bonds. The second-order valence-electron chi connectivity index (χ2n) is 6.63. The monoisotopic (exact) mass is 320 g/mol. The zero-order chi connectivity index (χ0) is 17.2. The number of rotatable bonds is 4. The molecule has 3 nitrogen and oxygen atoms in total. The molecule has 1 aliphatic rings. The number of hydrogen-bond donors (Lipinski definition) is 0. The maximum atomic E-state index is 8.96. The van der Waals surface area contributed by atoms with Gasteiger partial charge in [0.15, 0.2) is 0 Å². The normalized spacial score (nSPS) is 15.3. The van der Waals surface area contributed by atoms with Gasteiger partial charge in [0.1, 0.15) is 11.4 Å². The molecule has 24 heavy (non-hydrogen) atoms. The Morgan fingerprint density at radius 2 is 1.83 bits per heavy atom. The fraction of sp³-hybridized carbons (Fsp3) is 0.381. The Kier molecular flexibility index (Phi) is 4.49. The third-order valence-electron chi connectivity index (χ3n) is 5.01. The van der Waals surface area contributed by atoms with E-state index in [1.807, 2.05) is 24.3 Å². The molecule has 0 radical (unpaired) electrons. The van der Waals surface area contributed by atoms with Gasteiger partial charge in [-0.3, -0.25) is 0 Å². The summed E-state index contributed by atoms with van der Waals surface area (Å²) in [5, 5.41) is 8.96. The van der Waals surface area contributed by atoms with Crippen molar-refractivity contribution in [1.29, 1.82) is 5.26 Å². The first kappa shape index (κ1) is 16.4. The predicted molar refractivity (Wildman–Crippen MR) is 97.3 cm³/mol. The molecule has 3 rings (SSSR count). The Morgan fingerprint density at radius 1 is 1.12 bits per heavy atom. The van der Waals surface area contributed by atoms with Crippen molar-refractivity contribution in [2.45, 2.75) is 45.8 Å². The van der Waals surface area contributed by atoms with Gasteiger partial charge in [-0.05, 0) is 55.2 Å². The molecule has 1 aliphatic heterocycles.